The second-order valence-electron chi connectivity index (χ2n) is 5.97. The van der Waals surface area contributed by atoms with Crippen LogP contribution in [0.1, 0.15) is 43.7 Å². The predicted molar refractivity (Wildman–Crippen MR) is 98.0 cm³/mol. The average molecular weight is 345 g/mol. The third kappa shape index (κ3) is 4.23. The van der Waals surface area contributed by atoms with Gasteiger partial charge in [-0.05, 0) is 56.9 Å². The molecule has 1 aromatic carbocycles. The molecule has 0 bridgehead atoms. The Hall–Kier alpha value is -2.14. The van der Waals surface area contributed by atoms with Gasteiger partial charge in [0.2, 0.25) is 0 Å². The van der Waals surface area contributed by atoms with E-state index in [9.17, 15) is 9.59 Å². The molecule has 2 aromatic rings. The minimum atomic E-state index is -0.449. The van der Waals surface area contributed by atoms with E-state index in [0.717, 1.165) is 39.2 Å². The van der Waals surface area contributed by atoms with Gasteiger partial charge in [-0.15, -0.1) is 11.3 Å². The second kappa shape index (κ2) is 7.62. The highest BCUT2D eigenvalue weighted by Gasteiger charge is 2.15. The average Bonchev–Trinajstić information content (AvgIpc) is 2.89. The Morgan fingerprint density at radius 1 is 1.04 bits per heavy atom. The molecule has 1 heterocycles. The van der Waals surface area contributed by atoms with Crippen molar-refractivity contribution >= 4 is 28.9 Å². The number of ether oxygens (including phenoxy) is 1. The van der Waals surface area contributed by atoms with Crippen LogP contribution < -0.4 is 5.32 Å². The van der Waals surface area contributed by atoms with E-state index in [2.05, 4.69) is 5.32 Å². The molecule has 0 fully saturated rings. The number of aryl methyl sites for hydroxylation is 5. The van der Waals surface area contributed by atoms with Crippen molar-refractivity contribution in [3.63, 3.8) is 0 Å². The number of esters is 1. The lowest BCUT2D eigenvalue weighted by atomic mass is 10.1. The molecule has 0 spiro atoms. The highest BCUT2D eigenvalue weighted by molar-refractivity contribution is 7.14. The third-order valence-corrected chi connectivity index (χ3v) is 5.18. The third-order valence-electron chi connectivity index (χ3n) is 3.82. The zero-order valence-electron chi connectivity index (χ0n) is 14.8. The lowest BCUT2D eigenvalue weighted by molar-refractivity contribution is -0.119. The van der Waals surface area contributed by atoms with E-state index in [1.807, 2.05) is 52.8 Å². The number of hydrogen-bond acceptors (Lipinski definition) is 4. The molecule has 0 aliphatic heterocycles. The maximum absolute atomic E-state index is 12.1. The molecule has 0 radical (unpaired) electrons. The lowest BCUT2D eigenvalue weighted by Gasteiger charge is -2.12. The SMILES string of the molecule is CCc1sc(C(=O)OCC(=O)Nc2c(C)cc(C)cc2C)cc1C. The summed E-state index contributed by atoms with van der Waals surface area (Å²) in [5.74, 6) is -0.780. The van der Waals surface area contributed by atoms with E-state index in [0.29, 0.717) is 4.88 Å². The maximum Gasteiger partial charge on any atom is 0.348 e. The molecule has 2 rings (SSSR count). The number of nitrogens with one attached hydrogen (secondary N) is 1. The molecular weight excluding hydrogens is 322 g/mol. The van der Waals surface area contributed by atoms with E-state index in [1.165, 1.54) is 11.3 Å². The zero-order valence-corrected chi connectivity index (χ0v) is 15.6. The van der Waals surface area contributed by atoms with Gasteiger partial charge in [-0.1, -0.05) is 24.6 Å². The summed E-state index contributed by atoms with van der Waals surface area (Å²) in [6, 6.07) is 5.84. The van der Waals surface area contributed by atoms with Crippen LogP contribution in [0, 0.1) is 27.7 Å². The van der Waals surface area contributed by atoms with Crippen LogP contribution in [0.25, 0.3) is 0 Å². The Morgan fingerprint density at radius 2 is 1.67 bits per heavy atom. The molecule has 0 saturated heterocycles. The van der Waals surface area contributed by atoms with Crippen LogP contribution in [0.4, 0.5) is 5.69 Å². The largest absolute Gasteiger partial charge is 0.451 e. The number of hydrogen-bond donors (Lipinski definition) is 1. The first-order valence-corrected chi connectivity index (χ1v) is 8.77. The van der Waals surface area contributed by atoms with Crippen molar-refractivity contribution in [1.82, 2.24) is 0 Å². The molecule has 5 heteroatoms. The van der Waals surface area contributed by atoms with Crippen molar-refractivity contribution < 1.29 is 14.3 Å². The van der Waals surface area contributed by atoms with Crippen molar-refractivity contribution in [3.05, 3.63) is 50.2 Å². The van der Waals surface area contributed by atoms with Crippen LogP contribution in [-0.4, -0.2) is 18.5 Å². The quantitative estimate of drug-likeness (QED) is 0.820. The summed E-state index contributed by atoms with van der Waals surface area (Å²) >= 11 is 1.42. The summed E-state index contributed by atoms with van der Waals surface area (Å²) < 4.78 is 5.14. The Labute approximate surface area is 146 Å². The molecule has 1 N–H and O–H groups in total. The van der Waals surface area contributed by atoms with Crippen LogP contribution in [0.15, 0.2) is 18.2 Å². The fraction of sp³-hybridized carbons (Fsp3) is 0.368. The van der Waals surface area contributed by atoms with Crippen LogP contribution >= 0.6 is 11.3 Å². The predicted octanol–water partition coefficient (Wildman–Crippen LogP) is 4.34. The van der Waals surface area contributed by atoms with E-state index in [-0.39, 0.29) is 12.5 Å². The van der Waals surface area contributed by atoms with Gasteiger partial charge in [0, 0.05) is 10.6 Å². The number of carbonyl (C=O) groups is 2. The highest BCUT2D eigenvalue weighted by Crippen LogP contribution is 2.24. The number of anilines is 1. The molecule has 0 unspecified atom stereocenters. The maximum atomic E-state index is 12.1. The smallest absolute Gasteiger partial charge is 0.348 e. The van der Waals surface area contributed by atoms with Gasteiger partial charge in [0.1, 0.15) is 4.88 Å². The molecule has 0 atom stereocenters. The number of amides is 1. The highest BCUT2D eigenvalue weighted by atomic mass is 32.1. The number of thiophene rings is 1. The Morgan fingerprint density at radius 3 is 2.21 bits per heavy atom. The van der Waals surface area contributed by atoms with E-state index < -0.39 is 5.97 Å². The van der Waals surface area contributed by atoms with Gasteiger partial charge in [-0.2, -0.15) is 0 Å². The molecule has 24 heavy (non-hydrogen) atoms. The minimum Gasteiger partial charge on any atom is -0.451 e. The molecule has 1 amide bonds. The van der Waals surface area contributed by atoms with Crippen molar-refractivity contribution in [3.8, 4) is 0 Å². The van der Waals surface area contributed by atoms with Gasteiger partial charge in [-0.3, -0.25) is 4.79 Å². The van der Waals surface area contributed by atoms with E-state index in [4.69, 9.17) is 4.74 Å². The normalized spacial score (nSPS) is 10.5. The van der Waals surface area contributed by atoms with E-state index in [1.54, 1.807) is 0 Å². The van der Waals surface area contributed by atoms with Gasteiger partial charge in [0.05, 0.1) is 0 Å². The van der Waals surface area contributed by atoms with Gasteiger partial charge < -0.3 is 10.1 Å². The molecule has 128 valence electrons. The first-order chi connectivity index (χ1) is 11.3. The first kappa shape index (κ1) is 18.2. The summed E-state index contributed by atoms with van der Waals surface area (Å²) in [5, 5.41) is 2.83. The zero-order chi connectivity index (χ0) is 17.9. The van der Waals surface area contributed by atoms with E-state index >= 15 is 0 Å². The van der Waals surface area contributed by atoms with Gasteiger partial charge in [0.15, 0.2) is 6.61 Å². The van der Waals surface area contributed by atoms with Crippen LogP contribution in [0.5, 0.6) is 0 Å². The van der Waals surface area contributed by atoms with Crippen molar-refractivity contribution in [2.24, 2.45) is 0 Å². The Balaban J connectivity index is 1.97. The van der Waals surface area contributed by atoms with Crippen LogP contribution in [0.2, 0.25) is 0 Å². The number of carbonyl (C=O) groups excluding carboxylic acids is 2. The lowest BCUT2D eigenvalue weighted by Crippen LogP contribution is -2.21. The summed E-state index contributed by atoms with van der Waals surface area (Å²) in [4.78, 5) is 25.9. The topological polar surface area (TPSA) is 55.4 Å². The molecule has 1 aromatic heterocycles. The fourth-order valence-electron chi connectivity index (χ4n) is 2.73. The number of rotatable bonds is 5. The molecular formula is C19H23NO3S. The van der Waals surface area contributed by atoms with Crippen LogP contribution in [-0.2, 0) is 16.0 Å². The molecule has 0 aliphatic carbocycles. The van der Waals surface area contributed by atoms with Gasteiger partial charge in [-0.25, -0.2) is 4.79 Å². The van der Waals surface area contributed by atoms with Gasteiger partial charge in [0.25, 0.3) is 5.91 Å². The summed E-state index contributed by atoms with van der Waals surface area (Å²) in [6.07, 6.45) is 0.885. The van der Waals surface area contributed by atoms with Crippen LogP contribution in [0.3, 0.4) is 0 Å². The molecule has 4 nitrogen and oxygen atoms in total. The van der Waals surface area contributed by atoms with Crippen molar-refractivity contribution in [2.45, 2.75) is 41.0 Å². The standard InChI is InChI=1S/C19H23NO3S/c1-6-15-12(3)9-16(24-15)19(22)23-10-17(21)20-18-13(4)7-11(2)8-14(18)5/h7-9H,6,10H2,1-5H3,(H,20,21). The molecule has 0 saturated carbocycles. The van der Waals surface area contributed by atoms with Crippen molar-refractivity contribution in [1.29, 1.82) is 0 Å². The first-order valence-electron chi connectivity index (χ1n) is 7.96. The Kier molecular flexibility index (Phi) is 5.78. The fourth-order valence-corrected chi connectivity index (χ4v) is 3.73. The minimum absolute atomic E-state index is 0.288. The van der Waals surface area contributed by atoms with Gasteiger partial charge >= 0.3 is 5.97 Å². The summed E-state index contributed by atoms with van der Waals surface area (Å²) in [6.45, 7) is 9.64. The summed E-state index contributed by atoms with van der Waals surface area (Å²) in [5.41, 5.74) is 5.00. The second-order valence-corrected chi connectivity index (χ2v) is 7.11. The summed E-state index contributed by atoms with van der Waals surface area (Å²) in [7, 11) is 0. The monoisotopic (exact) mass is 345 g/mol. The van der Waals surface area contributed by atoms with Crippen molar-refractivity contribution in [2.75, 3.05) is 11.9 Å². The number of benzene rings is 1. The Bertz CT molecular complexity index is 754. The molecule has 0 aliphatic rings.